The molecule has 1 saturated heterocycles. The first-order valence-corrected chi connectivity index (χ1v) is 7.21. The highest BCUT2D eigenvalue weighted by atomic mass is 32.2. The molecule has 96 valence electrons. The molecule has 5 nitrogen and oxygen atoms in total. The zero-order valence-corrected chi connectivity index (χ0v) is 11.2. The van der Waals surface area contributed by atoms with Crippen LogP contribution in [0, 0.1) is 5.41 Å². The topological polar surface area (TPSA) is 61.4 Å². The van der Waals surface area contributed by atoms with E-state index in [1.165, 1.54) is 4.31 Å². The summed E-state index contributed by atoms with van der Waals surface area (Å²) in [6.07, 6.45) is 0.846. The Kier molecular flexibility index (Phi) is 4.73. The largest absolute Gasteiger partial charge is 0.314 e. The molecule has 0 bridgehead atoms. The van der Waals surface area contributed by atoms with Crippen LogP contribution in [0.2, 0.25) is 0 Å². The van der Waals surface area contributed by atoms with E-state index in [9.17, 15) is 8.42 Å². The van der Waals surface area contributed by atoms with E-state index in [4.69, 9.17) is 0 Å². The van der Waals surface area contributed by atoms with Gasteiger partial charge < -0.3 is 5.32 Å². The van der Waals surface area contributed by atoms with Crippen LogP contribution in [0.5, 0.6) is 0 Å². The monoisotopic (exact) mass is 249 g/mol. The molecule has 0 aromatic heterocycles. The second-order valence-corrected chi connectivity index (χ2v) is 7.11. The van der Waals surface area contributed by atoms with E-state index in [0.717, 1.165) is 19.5 Å². The van der Waals surface area contributed by atoms with Crippen LogP contribution in [0.4, 0.5) is 0 Å². The van der Waals surface area contributed by atoms with Gasteiger partial charge in [0.2, 0.25) is 0 Å². The van der Waals surface area contributed by atoms with Crippen molar-refractivity contribution in [3.8, 4) is 0 Å². The second kappa shape index (κ2) is 5.44. The predicted molar refractivity (Wildman–Crippen MR) is 65.4 cm³/mol. The van der Waals surface area contributed by atoms with E-state index in [-0.39, 0.29) is 5.41 Å². The lowest BCUT2D eigenvalue weighted by Crippen LogP contribution is -2.50. The first kappa shape index (κ1) is 13.9. The molecule has 16 heavy (non-hydrogen) atoms. The molecule has 1 aliphatic heterocycles. The molecule has 6 heteroatoms. The lowest BCUT2D eigenvalue weighted by Gasteiger charge is -2.27. The molecule has 0 unspecified atom stereocenters. The summed E-state index contributed by atoms with van der Waals surface area (Å²) in [5.74, 6) is 0. The minimum atomic E-state index is -3.26. The normalized spacial score (nSPS) is 19.9. The Morgan fingerprint density at radius 2 is 1.81 bits per heavy atom. The molecule has 1 fully saturated rings. The van der Waals surface area contributed by atoms with Crippen LogP contribution >= 0.6 is 0 Å². The third-order valence-corrected chi connectivity index (χ3v) is 4.19. The van der Waals surface area contributed by atoms with Gasteiger partial charge >= 0.3 is 0 Å². The van der Waals surface area contributed by atoms with Gasteiger partial charge in [0.25, 0.3) is 10.2 Å². The van der Waals surface area contributed by atoms with Gasteiger partial charge in [-0.15, -0.1) is 0 Å². The Morgan fingerprint density at radius 1 is 1.25 bits per heavy atom. The molecule has 1 aliphatic rings. The highest BCUT2D eigenvalue weighted by Gasteiger charge is 2.23. The molecule has 0 aromatic rings. The van der Waals surface area contributed by atoms with Crippen molar-refractivity contribution in [3.05, 3.63) is 0 Å². The Bertz CT molecular complexity index is 303. The van der Waals surface area contributed by atoms with Gasteiger partial charge in [0.1, 0.15) is 0 Å². The SMILES string of the molecule is CC(C)(C)CCNS(=O)(=O)N1CCNCC1. The smallest absolute Gasteiger partial charge is 0.279 e. The maximum atomic E-state index is 11.9. The van der Waals surface area contributed by atoms with Crippen molar-refractivity contribution < 1.29 is 8.42 Å². The molecule has 0 amide bonds. The molecule has 1 rings (SSSR count). The van der Waals surface area contributed by atoms with Gasteiger partial charge in [-0.25, -0.2) is 4.72 Å². The van der Waals surface area contributed by atoms with Gasteiger partial charge in [-0.05, 0) is 11.8 Å². The van der Waals surface area contributed by atoms with Crippen LogP contribution in [0.15, 0.2) is 0 Å². The molecule has 0 radical (unpaired) electrons. The van der Waals surface area contributed by atoms with Crippen molar-refractivity contribution in [2.75, 3.05) is 32.7 Å². The number of nitrogens with one attached hydrogen (secondary N) is 2. The van der Waals surface area contributed by atoms with Gasteiger partial charge in [-0.1, -0.05) is 20.8 Å². The number of hydrogen-bond donors (Lipinski definition) is 2. The highest BCUT2D eigenvalue weighted by Crippen LogP contribution is 2.17. The highest BCUT2D eigenvalue weighted by molar-refractivity contribution is 7.87. The van der Waals surface area contributed by atoms with E-state index in [1.807, 2.05) is 0 Å². The molecule has 1 heterocycles. The lowest BCUT2D eigenvalue weighted by atomic mass is 9.93. The van der Waals surface area contributed by atoms with Crippen LogP contribution in [-0.2, 0) is 10.2 Å². The number of nitrogens with zero attached hydrogens (tertiary/aromatic N) is 1. The van der Waals surface area contributed by atoms with Crippen molar-refractivity contribution >= 4 is 10.2 Å². The second-order valence-electron chi connectivity index (χ2n) is 5.36. The molecule has 0 aliphatic carbocycles. The predicted octanol–water partition coefficient (Wildman–Crippen LogP) is 0.162. The van der Waals surface area contributed by atoms with Crippen molar-refractivity contribution in [2.45, 2.75) is 27.2 Å². The molecule has 0 spiro atoms. The third kappa shape index (κ3) is 4.78. The van der Waals surface area contributed by atoms with Gasteiger partial charge in [-0.3, -0.25) is 0 Å². The maximum absolute atomic E-state index is 11.9. The fourth-order valence-electron chi connectivity index (χ4n) is 1.53. The molecule has 0 atom stereocenters. The van der Waals surface area contributed by atoms with Crippen LogP contribution in [0.25, 0.3) is 0 Å². The van der Waals surface area contributed by atoms with Crippen LogP contribution in [-0.4, -0.2) is 45.4 Å². The van der Waals surface area contributed by atoms with Crippen molar-refractivity contribution in [2.24, 2.45) is 5.41 Å². The van der Waals surface area contributed by atoms with Crippen molar-refractivity contribution in [3.63, 3.8) is 0 Å². The standard InChI is InChI=1S/C10H23N3O2S/c1-10(2,3)4-5-12-16(14,15)13-8-6-11-7-9-13/h11-12H,4-9H2,1-3H3. The average Bonchev–Trinajstić information content (AvgIpc) is 2.17. The number of rotatable bonds is 4. The quantitative estimate of drug-likeness (QED) is 0.746. The zero-order chi connectivity index (χ0) is 12.2. The maximum Gasteiger partial charge on any atom is 0.279 e. The fourth-order valence-corrected chi connectivity index (χ4v) is 2.74. The first-order chi connectivity index (χ1) is 7.31. The van der Waals surface area contributed by atoms with Crippen LogP contribution < -0.4 is 10.0 Å². The van der Waals surface area contributed by atoms with Crippen LogP contribution in [0.1, 0.15) is 27.2 Å². The molecule has 0 aromatic carbocycles. The Hall–Kier alpha value is -0.170. The first-order valence-electron chi connectivity index (χ1n) is 5.77. The Balaban J connectivity index is 2.39. The van der Waals surface area contributed by atoms with Crippen molar-refractivity contribution in [1.29, 1.82) is 0 Å². The minimum Gasteiger partial charge on any atom is -0.314 e. The van der Waals surface area contributed by atoms with E-state index in [0.29, 0.717) is 19.6 Å². The van der Waals surface area contributed by atoms with Gasteiger partial charge in [0.15, 0.2) is 0 Å². The zero-order valence-electron chi connectivity index (χ0n) is 10.4. The summed E-state index contributed by atoms with van der Waals surface area (Å²) in [4.78, 5) is 0. The van der Waals surface area contributed by atoms with Gasteiger partial charge in [-0.2, -0.15) is 12.7 Å². The molecular weight excluding hydrogens is 226 g/mol. The summed E-state index contributed by atoms with van der Waals surface area (Å²) in [7, 11) is -3.26. The molecular formula is C10H23N3O2S. The summed E-state index contributed by atoms with van der Waals surface area (Å²) in [5, 5.41) is 3.13. The van der Waals surface area contributed by atoms with E-state index in [1.54, 1.807) is 0 Å². The summed E-state index contributed by atoms with van der Waals surface area (Å²) in [6.45, 7) is 9.41. The summed E-state index contributed by atoms with van der Waals surface area (Å²) >= 11 is 0. The Labute approximate surface area is 98.8 Å². The fraction of sp³-hybridized carbons (Fsp3) is 1.00. The lowest BCUT2D eigenvalue weighted by molar-refractivity contribution is 0.346. The number of piperazine rings is 1. The van der Waals surface area contributed by atoms with Crippen LogP contribution in [0.3, 0.4) is 0 Å². The number of hydrogen-bond acceptors (Lipinski definition) is 3. The minimum absolute atomic E-state index is 0.159. The average molecular weight is 249 g/mol. The third-order valence-electron chi connectivity index (χ3n) is 2.58. The van der Waals surface area contributed by atoms with E-state index in [2.05, 4.69) is 30.8 Å². The Morgan fingerprint density at radius 3 is 2.31 bits per heavy atom. The van der Waals surface area contributed by atoms with E-state index < -0.39 is 10.2 Å². The summed E-state index contributed by atoms with van der Waals surface area (Å²) in [5.41, 5.74) is 0.159. The summed E-state index contributed by atoms with van der Waals surface area (Å²) < 4.78 is 27.9. The van der Waals surface area contributed by atoms with Gasteiger partial charge in [0, 0.05) is 32.7 Å². The molecule has 2 N–H and O–H groups in total. The van der Waals surface area contributed by atoms with Crippen molar-refractivity contribution in [1.82, 2.24) is 14.3 Å². The molecule has 0 saturated carbocycles. The van der Waals surface area contributed by atoms with Gasteiger partial charge in [0.05, 0.1) is 0 Å². The summed E-state index contributed by atoms with van der Waals surface area (Å²) in [6, 6.07) is 0. The van der Waals surface area contributed by atoms with E-state index >= 15 is 0 Å².